The first-order valence-electron chi connectivity index (χ1n) is 8.74. The fraction of sp³-hybridized carbons (Fsp3) is 0.368. The molecule has 0 aromatic carbocycles. The number of hydrogen-bond donors (Lipinski definition) is 1. The number of anilines is 1. The highest BCUT2D eigenvalue weighted by atomic mass is 15.2. The van der Waals surface area contributed by atoms with E-state index in [1.54, 1.807) is 6.33 Å². The molecule has 128 valence electrons. The molecule has 0 unspecified atom stereocenters. The van der Waals surface area contributed by atoms with Crippen LogP contribution in [0, 0.1) is 6.92 Å². The molecule has 0 saturated carbocycles. The molecule has 6 heteroatoms. The fourth-order valence-electron chi connectivity index (χ4n) is 3.32. The maximum atomic E-state index is 4.61. The number of nitrogens with one attached hydrogen (secondary N) is 1. The molecule has 1 N–H and O–H groups in total. The van der Waals surface area contributed by atoms with Gasteiger partial charge in [-0.05, 0) is 43.5 Å². The molecule has 25 heavy (non-hydrogen) atoms. The first-order chi connectivity index (χ1) is 12.3. The molecule has 0 amide bonds. The summed E-state index contributed by atoms with van der Waals surface area (Å²) in [6.07, 6.45) is 7.57. The molecule has 1 saturated heterocycles. The van der Waals surface area contributed by atoms with Crippen LogP contribution in [0.2, 0.25) is 0 Å². The summed E-state index contributed by atoms with van der Waals surface area (Å²) in [4.78, 5) is 20.0. The predicted octanol–water partition coefficient (Wildman–Crippen LogP) is 2.80. The Labute approximate surface area is 147 Å². The van der Waals surface area contributed by atoms with Crippen molar-refractivity contribution in [1.29, 1.82) is 0 Å². The monoisotopic (exact) mass is 334 g/mol. The molecule has 0 atom stereocenters. The second kappa shape index (κ2) is 7.11. The summed E-state index contributed by atoms with van der Waals surface area (Å²) in [5.74, 6) is 0.847. The molecule has 3 aromatic rings. The van der Waals surface area contributed by atoms with Gasteiger partial charge in [0.25, 0.3) is 0 Å². The first kappa shape index (κ1) is 15.9. The lowest BCUT2D eigenvalue weighted by Crippen LogP contribution is -2.38. The molecule has 1 fully saturated rings. The molecule has 0 spiro atoms. The lowest BCUT2D eigenvalue weighted by Gasteiger charge is -2.32. The van der Waals surface area contributed by atoms with Gasteiger partial charge < -0.3 is 5.32 Å². The normalized spacial score (nSPS) is 16.2. The molecule has 0 aliphatic carbocycles. The van der Waals surface area contributed by atoms with Crippen LogP contribution < -0.4 is 5.32 Å². The Morgan fingerprint density at radius 1 is 1.16 bits per heavy atom. The van der Waals surface area contributed by atoms with E-state index in [1.165, 1.54) is 5.56 Å². The smallest absolute Gasteiger partial charge is 0.156 e. The maximum absolute atomic E-state index is 4.61. The van der Waals surface area contributed by atoms with E-state index in [0.717, 1.165) is 55.0 Å². The summed E-state index contributed by atoms with van der Waals surface area (Å²) in [5, 5.41) is 3.58. The van der Waals surface area contributed by atoms with E-state index in [9.17, 15) is 0 Å². The highest BCUT2D eigenvalue weighted by Crippen LogP contribution is 2.21. The van der Waals surface area contributed by atoms with Crippen LogP contribution in [-0.4, -0.2) is 44.0 Å². The zero-order valence-electron chi connectivity index (χ0n) is 14.4. The van der Waals surface area contributed by atoms with Crippen molar-refractivity contribution >= 4 is 16.9 Å². The van der Waals surface area contributed by atoms with Crippen LogP contribution in [0.25, 0.3) is 11.0 Å². The fourth-order valence-corrected chi connectivity index (χ4v) is 3.32. The van der Waals surface area contributed by atoms with Crippen LogP contribution in [0.3, 0.4) is 0 Å². The zero-order valence-corrected chi connectivity index (χ0v) is 14.4. The van der Waals surface area contributed by atoms with Crippen LogP contribution in [-0.2, 0) is 6.54 Å². The van der Waals surface area contributed by atoms with Crippen molar-refractivity contribution in [2.24, 2.45) is 0 Å². The van der Waals surface area contributed by atoms with Crippen molar-refractivity contribution in [3.05, 3.63) is 54.2 Å². The van der Waals surface area contributed by atoms with Crippen LogP contribution in [0.5, 0.6) is 0 Å². The van der Waals surface area contributed by atoms with Gasteiger partial charge >= 0.3 is 0 Å². The Hall–Kier alpha value is -2.60. The maximum Gasteiger partial charge on any atom is 0.156 e. The number of rotatable bonds is 4. The lowest BCUT2D eigenvalue weighted by atomic mass is 10.0. The van der Waals surface area contributed by atoms with Crippen molar-refractivity contribution in [3.63, 3.8) is 0 Å². The lowest BCUT2D eigenvalue weighted by molar-refractivity contribution is 0.211. The Bertz CT molecular complexity index is 843. The van der Waals surface area contributed by atoms with E-state index in [1.807, 2.05) is 37.5 Å². The van der Waals surface area contributed by atoms with Crippen LogP contribution in [0.1, 0.15) is 24.1 Å². The number of piperidine rings is 1. The van der Waals surface area contributed by atoms with Gasteiger partial charge in [0.1, 0.15) is 11.8 Å². The Kier molecular flexibility index (Phi) is 4.52. The molecule has 3 aromatic heterocycles. The van der Waals surface area contributed by atoms with Gasteiger partial charge in [0.15, 0.2) is 5.82 Å². The highest BCUT2D eigenvalue weighted by molar-refractivity contribution is 5.84. The van der Waals surface area contributed by atoms with Gasteiger partial charge in [-0.2, -0.15) is 0 Å². The summed E-state index contributed by atoms with van der Waals surface area (Å²) >= 11 is 0. The van der Waals surface area contributed by atoms with Crippen molar-refractivity contribution in [3.8, 4) is 0 Å². The average molecular weight is 334 g/mol. The number of aryl methyl sites for hydroxylation is 1. The Balaban J connectivity index is 1.40. The third kappa shape index (κ3) is 3.74. The molecule has 1 aliphatic rings. The van der Waals surface area contributed by atoms with E-state index < -0.39 is 0 Å². The summed E-state index contributed by atoms with van der Waals surface area (Å²) in [6, 6.07) is 8.54. The number of hydrogen-bond acceptors (Lipinski definition) is 6. The van der Waals surface area contributed by atoms with Gasteiger partial charge in [0.05, 0.1) is 5.52 Å². The number of likely N-dealkylation sites (tertiary alicyclic amines) is 1. The largest absolute Gasteiger partial charge is 0.365 e. The van der Waals surface area contributed by atoms with Crippen molar-refractivity contribution < 1.29 is 0 Å². The van der Waals surface area contributed by atoms with E-state index in [4.69, 9.17) is 0 Å². The van der Waals surface area contributed by atoms with Crippen LogP contribution in [0.4, 0.5) is 5.82 Å². The zero-order chi connectivity index (χ0) is 17.1. The standard InChI is InChI=1S/C19H22N6/c1-14-4-5-17-18(23-14)19(22-13-21-17)24-16-6-9-25(10-7-16)12-15-3-2-8-20-11-15/h2-5,8,11,13,16H,6-7,9-10,12H2,1H3,(H,21,22,24). The predicted molar refractivity (Wildman–Crippen MR) is 98.2 cm³/mol. The van der Waals surface area contributed by atoms with Gasteiger partial charge in [0, 0.05) is 43.8 Å². The average Bonchev–Trinajstić information content (AvgIpc) is 2.65. The molecule has 4 heterocycles. The van der Waals surface area contributed by atoms with Gasteiger partial charge in [0.2, 0.25) is 0 Å². The molecule has 6 nitrogen and oxygen atoms in total. The number of aromatic nitrogens is 4. The highest BCUT2D eigenvalue weighted by Gasteiger charge is 2.20. The van der Waals surface area contributed by atoms with Gasteiger partial charge in [-0.15, -0.1) is 0 Å². The molecule has 1 aliphatic heterocycles. The minimum Gasteiger partial charge on any atom is -0.365 e. The van der Waals surface area contributed by atoms with Crippen molar-refractivity contribution in [2.75, 3.05) is 18.4 Å². The SMILES string of the molecule is Cc1ccc2ncnc(NC3CCN(Cc4cccnc4)CC3)c2n1. The van der Waals surface area contributed by atoms with E-state index in [0.29, 0.717) is 6.04 Å². The quantitative estimate of drug-likeness (QED) is 0.791. The van der Waals surface area contributed by atoms with Crippen LogP contribution >= 0.6 is 0 Å². The molecular weight excluding hydrogens is 312 g/mol. The van der Waals surface area contributed by atoms with Crippen molar-refractivity contribution in [1.82, 2.24) is 24.8 Å². The number of pyridine rings is 2. The van der Waals surface area contributed by atoms with Crippen LogP contribution in [0.15, 0.2) is 43.0 Å². The summed E-state index contributed by atoms with van der Waals surface area (Å²) in [5.41, 5.74) is 4.00. The van der Waals surface area contributed by atoms with Gasteiger partial charge in [-0.3, -0.25) is 9.88 Å². The summed E-state index contributed by atoms with van der Waals surface area (Å²) in [7, 11) is 0. The molecule has 0 bridgehead atoms. The van der Waals surface area contributed by atoms with Gasteiger partial charge in [-0.25, -0.2) is 15.0 Å². The third-order valence-electron chi connectivity index (χ3n) is 4.68. The van der Waals surface area contributed by atoms with Crippen molar-refractivity contribution in [2.45, 2.75) is 32.4 Å². The topological polar surface area (TPSA) is 66.8 Å². The number of fused-ring (bicyclic) bond motifs is 1. The Morgan fingerprint density at radius 2 is 2.04 bits per heavy atom. The third-order valence-corrected chi connectivity index (χ3v) is 4.68. The second-order valence-electron chi connectivity index (χ2n) is 6.60. The molecular formula is C19H22N6. The molecule has 4 rings (SSSR count). The Morgan fingerprint density at radius 3 is 2.84 bits per heavy atom. The second-order valence-corrected chi connectivity index (χ2v) is 6.60. The summed E-state index contributed by atoms with van der Waals surface area (Å²) < 4.78 is 0. The van der Waals surface area contributed by atoms with E-state index in [2.05, 4.69) is 36.2 Å². The van der Waals surface area contributed by atoms with Gasteiger partial charge in [-0.1, -0.05) is 6.07 Å². The minimum atomic E-state index is 0.422. The van der Waals surface area contributed by atoms with E-state index in [-0.39, 0.29) is 0 Å². The van der Waals surface area contributed by atoms with E-state index >= 15 is 0 Å². The minimum absolute atomic E-state index is 0.422. The number of nitrogens with zero attached hydrogens (tertiary/aromatic N) is 5. The molecule has 0 radical (unpaired) electrons. The summed E-state index contributed by atoms with van der Waals surface area (Å²) in [6.45, 7) is 5.11. The first-order valence-corrected chi connectivity index (χ1v) is 8.74.